The van der Waals surface area contributed by atoms with Crippen molar-refractivity contribution < 1.29 is 4.79 Å². The molecule has 0 fully saturated rings. The SMILES string of the molecule is C=CCN(C(=O)CC(N)c1ccccc1)C(C)(C)C. The van der Waals surface area contributed by atoms with Crippen LogP contribution in [-0.2, 0) is 4.79 Å². The van der Waals surface area contributed by atoms with Crippen LogP contribution in [0.25, 0.3) is 0 Å². The van der Waals surface area contributed by atoms with Gasteiger partial charge in [-0.2, -0.15) is 0 Å². The number of hydrogen-bond donors (Lipinski definition) is 1. The maximum Gasteiger partial charge on any atom is 0.225 e. The van der Waals surface area contributed by atoms with Gasteiger partial charge in [0.25, 0.3) is 0 Å². The van der Waals surface area contributed by atoms with Crippen molar-refractivity contribution in [2.45, 2.75) is 38.8 Å². The van der Waals surface area contributed by atoms with E-state index in [-0.39, 0.29) is 17.5 Å². The molecule has 1 amide bonds. The lowest BCUT2D eigenvalue weighted by Crippen LogP contribution is -2.46. The van der Waals surface area contributed by atoms with Crippen LogP contribution < -0.4 is 5.73 Å². The fraction of sp³-hybridized carbons (Fsp3) is 0.438. The Morgan fingerprint density at radius 3 is 2.42 bits per heavy atom. The summed E-state index contributed by atoms with van der Waals surface area (Å²) < 4.78 is 0. The molecule has 0 bridgehead atoms. The Morgan fingerprint density at radius 2 is 1.95 bits per heavy atom. The molecule has 0 aliphatic rings. The third kappa shape index (κ3) is 4.52. The van der Waals surface area contributed by atoms with Gasteiger partial charge in [-0.05, 0) is 26.3 Å². The first kappa shape index (κ1) is 15.4. The van der Waals surface area contributed by atoms with E-state index in [2.05, 4.69) is 6.58 Å². The molecule has 0 saturated heterocycles. The Kier molecular flexibility index (Phi) is 5.31. The summed E-state index contributed by atoms with van der Waals surface area (Å²) in [5.74, 6) is 0.0590. The number of rotatable bonds is 5. The summed E-state index contributed by atoms with van der Waals surface area (Å²) in [5, 5.41) is 0. The second-order valence-corrected chi connectivity index (χ2v) is 5.69. The summed E-state index contributed by atoms with van der Waals surface area (Å²) in [7, 11) is 0. The van der Waals surface area contributed by atoms with Crippen LogP contribution in [0.1, 0.15) is 38.8 Å². The highest BCUT2D eigenvalue weighted by Crippen LogP contribution is 2.19. The van der Waals surface area contributed by atoms with E-state index in [9.17, 15) is 4.79 Å². The smallest absolute Gasteiger partial charge is 0.225 e. The van der Waals surface area contributed by atoms with Gasteiger partial charge in [0.2, 0.25) is 5.91 Å². The first-order chi connectivity index (χ1) is 8.86. The summed E-state index contributed by atoms with van der Waals surface area (Å²) in [6.45, 7) is 10.3. The maximum atomic E-state index is 12.4. The number of nitrogens with two attached hydrogens (primary N) is 1. The molecule has 0 aliphatic carbocycles. The highest BCUT2D eigenvalue weighted by molar-refractivity contribution is 5.78. The largest absolute Gasteiger partial charge is 0.334 e. The van der Waals surface area contributed by atoms with E-state index in [1.807, 2.05) is 56.0 Å². The predicted molar refractivity (Wildman–Crippen MR) is 79.7 cm³/mol. The van der Waals surface area contributed by atoms with Gasteiger partial charge in [-0.3, -0.25) is 4.79 Å². The minimum absolute atomic E-state index is 0.0590. The van der Waals surface area contributed by atoms with Crippen LogP contribution in [0, 0.1) is 0 Å². The molecule has 1 aromatic rings. The number of amides is 1. The average Bonchev–Trinajstić information content (AvgIpc) is 2.35. The second kappa shape index (κ2) is 6.53. The lowest BCUT2D eigenvalue weighted by Gasteiger charge is -2.35. The topological polar surface area (TPSA) is 46.3 Å². The van der Waals surface area contributed by atoms with Crippen molar-refractivity contribution in [2.24, 2.45) is 5.73 Å². The van der Waals surface area contributed by atoms with Gasteiger partial charge in [-0.1, -0.05) is 36.4 Å². The summed E-state index contributed by atoms with van der Waals surface area (Å²) in [6.07, 6.45) is 2.06. The summed E-state index contributed by atoms with van der Waals surface area (Å²) in [5.41, 5.74) is 6.87. The van der Waals surface area contributed by atoms with E-state index in [1.54, 1.807) is 6.08 Å². The molecule has 19 heavy (non-hydrogen) atoms. The minimum Gasteiger partial charge on any atom is -0.334 e. The zero-order chi connectivity index (χ0) is 14.5. The molecule has 0 aromatic heterocycles. The molecule has 0 heterocycles. The molecular weight excluding hydrogens is 236 g/mol. The van der Waals surface area contributed by atoms with Crippen molar-refractivity contribution >= 4 is 5.91 Å². The fourth-order valence-corrected chi connectivity index (χ4v) is 2.00. The molecule has 0 spiro atoms. The monoisotopic (exact) mass is 260 g/mol. The molecule has 104 valence electrons. The van der Waals surface area contributed by atoms with Gasteiger partial charge >= 0.3 is 0 Å². The predicted octanol–water partition coefficient (Wildman–Crippen LogP) is 2.89. The molecule has 3 heteroatoms. The zero-order valence-electron chi connectivity index (χ0n) is 12.1. The highest BCUT2D eigenvalue weighted by atomic mass is 16.2. The van der Waals surface area contributed by atoms with Crippen molar-refractivity contribution in [1.82, 2.24) is 4.90 Å². The van der Waals surface area contributed by atoms with Crippen molar-refractivity contribution in [3.63, 3.8) is 0 Å². The number of carbonyl (C=O) groups is 1. The fourth-order valence-electron chi connectivity index (χ4n) is 2.00. The van der Waals surface area contributed by atoms with E-state index < -0.39 is 0 Å². The van der Waals surface area contributed by atoms with Crippen molar-refractivity contribution in [3.05, 3.63) is 48.6 Å². The minimum atomic E-state index is -0.261. The normalized spacial score (nSPS) is 12.8. The second-order valence-electron chi connectivity index (χ2n) is 5.69. The standard InChI is InChI=1S/C16H24N2O/c1-5-11-18(16(2,3)4)15(19)12-14(17)13-9-7-6-8-10-13/h5-10,14H,1,11-12,17H2,2-4H3. The zero-order valence-corrected chi connectivity index (χ0v) is 12.1. The van der Waals surface area contributed by atoms with E-state index in [4.69, 9.17) is 5.73 Å². The number of benzene rings is 1. The Balaban J connectivity index is 2.74. The quantitative estimate of drug-likeness (QED) is 0.827. The third-order valence-electron chi connectivity index (χ3n) is 3.04. The molecule has 2 N–H and O–H groups in total. The van der Waals surface area contributed by atoms with Gasteiger partial charge < -0.3 is 10.6 Å². The number of nitrogens with zero attached hydrogens (tertiary/aromatic N) is 1. The first-order valence-electron chi connectivity index (χ1n) is 6.58. The van der Waals surface area contributed by atoms with Crippen LogP contribution in [0.2, 0.25) is 0 Å². The number of carbonyl (C=O) groups excluding carboxylic acids is 1. The molecule has 0 radical (unpaired) electrons. The van der Waals surface area contributed by atoms with Crippen LogP contribution in [-0.4, -0.2) is 22.9 Å². The van der Waals surface area contributed by atoms with Gasteiger partial charge in [-0.15, -0.1) is 6.58 Å². The molecule has 0 aliphatic heterocycles. The third-order valence-corrected chi connectivity index (χ3v) is 3.04. The van der Waals surface area contributed by atoms with Crippen LogP contribution in [0.5, 0.6) is 0 Å². The molecule has 1 atom stereocenters. The Bertz CT molecular complexity index is 420. The summed E-state index contributed by atoms with van der Waals surface area (Å²) in [4.78, 5) is 14.2. The van der Waals surface area contributed by atoms with Gasteiger partial charge in [-0.25, -0.2) is 0 Å². The molecule has 1 aromatic carbocycles. The molecule has 1 rings (SSSR count). The van der Waals surface area contributed by atoms with Crippen molar-refractivity contribution in [1.29, 1.82) is 0 Å². The lowest BCUT2D eigenvalue weighted by atomic mass is 10.0. The van der Waals surface area contributed by atoms with E-state index in [0.29, 0.717) is 13.0 Å². The summed E-state index contributed by atoms with van der Waals surface area (Å²) in [6, 6.07) is 9.45. The lowest BCUT2D eigenvalue weighted by molar-refractivity contribution is -0.135. The van der Waals surface area contributed by atoms with E-state index >= 15 is 0 Å². The van der Waals surface area contributed by atoms with Crippen molar-refractivity contribution in [2.75, 3.05) is 6.54 Å². The van der Waals surface area contributed by atoms with E-state index in [0.717, 1.165) is 5.56 Å². The van der Waals surface area contributed by atoms with Crippen molar-refractivity contribution in [3.8, 4) is 0 Å². The van der Waals surface area contributed by atoms with E-state index in [1.165, 1.54) is 0 Å². The van der Waals surface area contributed by atoms with Gasteiger partial charge in [0, 0.05) is 24.5 Å². The molecule has 0 saturated carbocycles. The molecule has 3 nitrogen and oxygen atoms in total. The summed E-state index contributed by atoms with van der Waals surface area (Å²) >= 11 is 0. The number of hydrogen-bond acceptors (Lipinski definition) is 2. The Morgan fingerprint density at radius 1 is 1.37 bits per heavy atom. The average molecular weight is 260 g/mol. The van der Waals surface area contributed by atoms with Crippen LogP contribution in [0.4, 0.5) is 0 Å². The van der Waals surface area contributed by atoms with Crippen LogP contribution in [0.3, 0.4) is 0 Å². The molecular formula is C16H24N2O. The molecule has 1 unspecified atom stereocenters. The maximum absolute atomic E-state index is 12.4. The Hall–Kier alpha value is -1.61. The highest BCUT2D eigenvalue weighted by Gasteiger charge is 2.26. The van der Waals surface area contributed by atoms with Gasteiger partial charge in [0.15, 0.2) is 0 Å². The van der Waals surface area contributed by atoms with Gasteiger partial charge in [0.1, 0.15) is 0 Å². The van der Waals surface area contributed by atoms with Crippen LogP contribution >= 0.6 is 0 Å². The Labute approximate surface area is 116 Å². The van der Waals surface area contributed by atoms with Gasteiger partial charge in [0.05, 0.1) is 0 Å². The van der Waals surface area contributed by atoms with Crippen LogP contribution in [0.15, 0.2) is 43.0 Å². The first-order valence-corrected chi connectivity index (χ1v) is 6.58.